The molecule has 0 aliphatic rings. The predicted molar refractivity (Wildman–Crippen MR) is 72.9 cm³/mol. The van der Waals surface area contributed by atoms with Crippen molar-refractivity contribution >= 4 is 17.8 Å². The summed E-state index contributed by atoms with van der Waals surface area (Å²) in [5.41, 5.74) is 5.77. The highest BCUT2D eigenvalue weighted by Crippen LogP contribution is 2.15. The number of benzene rings is 1. The molecule has 0 aromatic heterocycles. The molecule has 0 saturated heterocycles. The molecule has 2 amide bonds. The summed E-state index contributed by atoms with van der Waals surface area (Å²) in [4.78, 5) is 33.7. The van der Waals surface area contributed by atoms with E-state index in [1.165, 1.54) is 0 Å². The summed E-state index contributed by atoms with van der Waals surface area (Å²) in [6.07, 6.45) is -0.102. The van der Waals surface area contributed by atoms with Crippen LogP contribution in [0.1, 0.15) is 31.2 Å². The van der Waals surface area contributed by atoms with Crippen molar-refractivity contribution in [3.8, 4) is 0 Å². The van der Waals surface area contributed by atoms with Crippen LogP contribution in [0, 0.1) is 0 Å². The molecule has 1 aromatic carbocycles. The highest BCUT2D eigenvalue weighted by atomic mass is 16.4. The smallest absolute Gasteiger partial charge is 0.326 e. The summed E-state index contributed by atoms with van der Waals surface area (Å²) in [6, 6.07) is 7.93. The monoisotopic (exact) mass is 278 g/mol. The number of nitrogens with two attached hydrogens (primary N) is 1. The van der Waals surface area contributed by atoms with Crippen LogP contribution in [-0.2, 0) is 14.4 Å². The molecule has 108 valence electrons. The molecular weight excluding hydrogens is 260 g/mol. The Bertz CT molecular complexity index is 487. The number of carbonyl (C=O) groups excluding carboxylic acids is 2. The van der Waals surface area contributed by atoms with Crippen LogP contribution in [0.4, 0.5) is 0 Å². The van der Waals surface area contributed by atoms with Crippen LogP contribution >= 0.6 is 0 Å². The molecule has 1 unspecified atom stereocenters. The number of carboxylic acids is 1. The third-order valence-corrected chi connectivity index (χ3v) is 2.99. The minimum absolute atomic E-state index is 0.0160. The Balaban J connectivity index is 2.66. The van der Waals surface area contributed by atoms with E-state index in [0.717, 1.165) is 5.56 Å². The second kappa shape index (κ2) is 7.28. The van der Waals surface area contributed by atoms with Crippen molar-refractivity contribution in [3.05, 3.63) is 35.9 Å². The first kappa shape index (κ1) is 15.7. The van der Waals surface area contributed by atoms with Gasteiger partial charge in [-0.25, -0.2) is 4.79 Å². The zero-order valence-electron chi connectivity index (χ0n) is 11.2. The van der Waals surface area contributed by atoms with Gasteiger partial charge in [0.2, 0.25) is 11.8 Å². The van der Waals surface area contributed by atoms with Crippen molar-refractivity contribution in [1.29, 1.82) is 0 Å². The van der Waals surface area contributed by atoms with E-state index >= 15 is 0 Å². The number of primary amides is 1. The van der Waals surface area contributed by atoms with E-state index in [4.69, 9.17) is 10.8 Å². The quantitative estimate of drug-likeness (QED) is 0.679. The number of carboxylic acid groups (broad SMARTS) is 1. The summed E-state index contributed by atoms with van der Waals surface area (Å²) in [5.74, 6) is -2.64. The summed E-state index contributed by atoms with van der Waals surface area (Å²) >= 11 is 0. The number of aliphatic carboxylic acids is 1. The van der Waals surface area contributed by atoms with Gasteiger partial charge in [-0.3, -0.25) is 9.59 Å². The fraction of sp³-hybridized carbons (Fsp3) is 0.357. The van der Waals surface area contributed by atoms with Gasteiger partial charge in [0.15, 0.2) is 0 Å². The molecule has 0 fully saturated rings. The number of carbonyl (C=O) groups is 3. The summed E-state index contributed by atoms with van der Waals surface area (Å²) in [6.45, 7) is 1.69. The molecule has 2 atom stereocenters. The molecule has 1 rings (SSSR count). The van der Waals surface area contributed by atoms with E-state index in [-0.39, 0.29) is 12.8 Å². The van der Waals surface area contributed by atoms with E-state index in [9.17, 15) is 14.4 Å². The van der Waals surface area contributed by atoms with Gasteiger partial charge < -0.3 is 16.2 Å². The number of amides is 2. The molecule has 0 aliphatic heterocycles. The van der Waals surface area contributed by atoms with Gasteiger partial charge in [0, 0.05) is 6.42 Å². The molecule has 0 radical (unpaired) electrons. The molecule has 0 aliphatic carbocycles. The minimum atomic E-state index is -1.18. The van der Waals surface area contributed by atoms with Gasteiger partial charge in [0.1, 0.15) is 6.04 Å². The highest BCUT2D eigenvalue weighted by Gasteiger charge is 2.23. The summed E-state index contributed by atoms with van der Waals surface area (Å²) < 4.78 is 0. The molecular formula is C14H18N2O4. The Kier molecular flexibility index (Phi) is 5.71. The molecule has 1 aromatic rings. The van der Waals surface area contributed by atoms with Crippen molar-refractivity contribution in [1.82, 2.24) is 5.32 Å². The zero-order chi connectivity index (χ0) is 15.1. The molecule has 0 saturated carbocycles. The molecule has 0 spiro atoms. The highest BCUT2D eigenvalue weighted by molar-refractivity contribution is 5.88. The minimum Gasteiger partial charge on any atom is -0.480 e. The lowest BCUT2D eigenvalue weighted by Crippen LogP contribution is -2.43. The second-order valence-electron chi connectivity index (χ2n) is 4.54. The summed E-state index contributed by atoms with van der Waals surface area (Å²) in [5, 5.41) is 11.4. The Labute approximate surface area is 117 Å². The van der Waals surface area contributed by atoms with Crippen molar-refractivity contribution < 1.29 is 19.5 Å². The standard InChI is InChI=1S/C14H18N2O4/c1-9(10-5-3-2-4-6-10)13(18)16-11(14(19)20)7-8-12(15)17/h2-6,9,11H,7-8H2,1H3,(H2,15,17)(H,16,18)(H,19,20)/t9?,11-/m0/s1. The average molecular weight is 278 g/mol. The lowest BCUT2D eigenvalue weighted by Gasteiger charge is -2.17. The van der Waals surface area contributed by atoms with Crippen LogP contribution < -0.4 is 11.1 Å². The zero-order valence-corrected chi connectivity index (χ0v) is 11.2. The average Bonchev–Trinajstić information content (AvgIpc) is 2.42. The van der Waals surface area contributed by atoms with Crippen LogP contribution in [0.5, 0.6) is 0 Å². The lowest BCUT2D eigenvalue weighted by molar-refractivity contribution is -0.142. The van der Waals surface area contributed by atoms with Crippen LogP contribution in [0.25, 0.3) is 0 Å². The van der Waals surface area contributed by atoms with Crippen LogP contribution in [-0.4, -0.2) is 28.9 Å². The normalized spacial score (nSPS) is 13.2. The van der Waals surface area contributed by atoms with Crippen molar-refractivity contribution in [3.63, 3.8) is 0 Å². The van der Waals surface area contributed by atoms with Crippen molar-refractivity contribution in [2.45, 2.75) is 31.7 Å². The Morgan fingerprint density at radius 2 is 1.85 bits per heavy atom. The molecule has 6 nitrogen and oxygen atoms in total. The topological polar surface area (TPSA) is 109 Å². The third kappa shape index (κ3) is 4.72. The van der Waals surface area contributed by atoms with Gasteiger partial charge in [-0.1, -0.05) is 30.3 Å². The van der Waals surface area contributed by atoms with E-state index in [1.807, 2.05) is 6.07 Å². The molecule has 0 bridgehead atoms. The fourth-order valence-electron chi connectivity index (χ4n) is 1.73. The van der Waals surface area contributed by atoms with E-state index in [1.54, 1.807) is 31.2 Å². The van der Waals surface area contributed by atoms with Gasteiger partial charge >= 0.3 is 5.97 Å². The maximum Gasteiger partial charge on any atom is 0.326 e. The second-order valence-corrected chi connectivity index (χ2v) is 4.54. The van der Waals surface area contributed by atoms with Crippen LogP contribution in [0.2, 0.25) is 0 Å². The molecule has 0 heterocycles. The molecule has 6 heteroatoms. The first-order chi connectivity index (χ1) is 9.41. The number of nitrogens with one attached hydrogen (secondary N) is 1. The molecule has 4 N–H and O–H groups in total. The Morgan fingerprint density at radius 1 is 1.25 bits per heavy atom. The molecule has 20 heavy (non-hydrogen) atoms. The lowest BCUT2D eigenvalue weighted by atomic mass is 9.99. The SMILES string of the molecule is CC(C(=O)N[C@@H](CCC(N)=O)C(=O)O)c1ccccc1. The summed E-state index contributed by atoms with van der Waals surface area (Å²) in [7, 11) is 0. The van der Waals surface area contributed by atoms with Gasteiger partial charge in [-0.15, -0.1) is 0 Å². The van der Waals surface area contributed by atoms with Crippen molar-refractivity contribution in [2.24, 2.45) is 5.73 Å². The third-order valence-electron chi connectivity index (χ3n) is 2.99. The van der Waals surface area contributed by atoms with Crippen LogP contribution in [0.3, 0.4) is 0 Å². The predicted octanol–water partition coefficient (Wildman–Crippen LogP) is 0.625. The van der Waals surface area contributed by atoms with Crippen molar-refractivity contribution in [2.75, 3.05) is 0 Å². The Hall–Kier alpha value is -2.37. The largest absolute Gasteiger partial charge is 0.480 e. The van der Waals surface area contributed by atoms with Gasteiger partial charge in [-0.05, 0) is 18.9 Å². The number of hydrogen-bond acceptors (Lipinski definition) is 3. The van der Waals surface area contributed by atoms with E-state index in [2.05, 4.69) is 5.32 Å². The maximum absolute atomic E-state index is 12.0. The first-order valence-corrected chi connectivity index (χ1v) is 6.28. The fourth-order valence-corrected chi connectivity index (χ4v) is 1.73. The first-order valence-electron chi connectivity index (χ1n) is 6.28. The Morgan fingerprint density at radius 3 is 2.35 bits per heavy atom. The van der Waals surface area contributed by atoms with Gasteiger partial charge in [0.05, 0.1) is 5.92 Å². The van der Waals surface area contributed by atoms with Gasteiger partial charge in [-0.2, -0.15) is 0 Å². The number of rotatable bonds is 7. The van der Waals surface area contributed by atoms with E-state index in [0.29, 0.717) is 0 Å². The number of hydrogen-bond donors (Lipinski definition) is 3. The van der Waals surface area contributed by atoms with Gasteiger partial charge in [0.25, 0.3) is 0 Å². The van der Waals surface area contributed by atoms with Crippen LogP contribution in [0.15, 0.2) is 30.3 Å². The van der Waals surface area contributed by atoms with E-state index < -0.39 is 29.7 Å². The maximum atomic E-state index is 12.0.